The van der Waals surface area contributed by atoms with Gasteiger partial charge in [0.05, 0.1) is 16.4 Å². The number of ketones is 1. The molecule has 3 heterocycles. The molecule has 3 aromatic heterocycles. The van der Waals surface area contributed by atoms with Crippen LogP contribution in [-0.4, -0.2) is 30.3 Å². The Balaban J connectivity index is 1.55. The van der Waals surface area contributed by atoms with Crippen LogP contribution in [0.25, 0.3) is 16.9 Å². The monoisotopic (exact) mass is 454 g/mol. The smallest absolute Gasteiger partial charge is 0.220 e. The van der Waals surface area contributed by atoms with E-state index >= 15 is 0 Å². The van der Waals surface area contributed by atoms with Crippen molar-refractivity contribution in [3.05, 3.63) is 69.7 Å². The molecule has 0 unspecified atom stereocenters. The Labute approximate surface area is 189 Å². The SMILES string of the molecule is CC(C)c1c(CC(=O)Cc2ccc(-c3ccnc(N)n3)c(Cl)c2)cnc2cc(Cl)nn12. The molecule has 0 aliphatic carbocycles. The highest BCUT2D eigenvalue weighted by atomic mass is 35.5. The van der Waals surface area contributed by atoms with E-state index in [1.807, 2.05) is 12.1 Å². The molecule has 0 radical (unpaired) electrons. The van der Waals surface area contributed by atoms with Crippen LogP contribution in [0.1, 0.15) is 36.6 Å². The number of fused-ring (bicyclic) bond motifs is 1. The number of Topliss-reactive ketones (excluding diaryl/α,β-unsaturated/α-hetero) is 1. The quantitative estimate of drug-likeness (QED) is 0.458. The van der Waals surface area contributed by atoms with Gasteiger partial charge in [-0.05, 0) is 29.2 Å². The first kappa shape index (κ1) is 21.2. The van der Waals surface area contributed by atoms with Gasteiger partial charge in [-0.25, -0.2) is 19.5 Å². The first-order valence-corrected chi connectivity index (χ1v) is 10.5. The van der Waals surface area contributed by atoms with Gasteiger partial charge in [-0.1, -0.05) is 49.2 Å². The van der Waals surface area contributed by atoms with Crippen LogP contribution in [0.3, 0.4) is 0 Å². The van der Waals surface area contributed by atoms with E-state index in [2.05, 4.69) is 33.9 Å². The summed E-state index contributed by atoms with van der Waals surface area (Å²) < 4.78 is 1.72. The summed E-state index contributed by atoms with van der Waals surface area (Å²) in [6.07, 6.45) is 3.81. The molecule has 0 amide bonds. The van der Waals surface area contributed by atoms with Gasteiger partial charge in [0.1, 0.15) is 5.78 Å². The molecule has 0 aliphatic heterocycles. The van der Waals surface area contributed by atoms with E-state index in [4.69, 9.17) is 28.9 Å². The molecule has 158 valence electrons. The normalized spacial score (nSPS) is 11.4. The molecule has 0 spiro atoms. The highest BCUT2D eigenvalue weighted by Gasteiger charge is 2.17. The number of hydrogen-bond acceptors (Lipinski definition) is 6. The molecular formula is C22H20Cl2N6O. The van der Waals surface area contributed by atoms with E-state index in [0.717, 1.165) is 22.4 Å². The molecule has 4 aromatic rings. The van der Waals surface area contributed by atoms with Gasteiger partial charge >= 0.3 is 0 Å². The lowest BCUT2D eigenvalue weighted by atomic mass is 9.97. The number of rotatable bonds is 6. The van der Waals surface area contributed by atoms with Crippen molar-refractivity contribution < 1.29 is 4.79 Å². The zero-order valence-corrected chi connectivity index (χ0v) is 18.5. The topological polar surface area (TPSA) is 99.1 Å². The molecule has 4 rings (SSSR count). The van der Waals surface area contributed by atoms with Crippen molar-refractivity contribution >= 4 is 40.6 Å². The van der Waals surface area contributed by atoms with Crippen LogP contribution in [0.2, 0.25) is 10.2 Å². The molecule has 31 heavy (non-hydrogen) atoms. The van der Waals surface area contributed by atoms with Gasteiger partial charge in [-0.2, -0.15) is 5.10 Å². The fourth-order valence-corrected chi connectivity index (χ4v) is 4.09. The average molecular weight is 455 g/mol. The lowest BCUT2D eigenvalue weighted by Gasteiger charge is -2.14. The fourth-order valence-electron chi connectivity index (χ4n) is 3.61. The number of carbonyl (C=O) groups is 1. The van der Waals surface area contributed by atoms with Crippen LogP contribution in [0.4, 0.5) is 5.95 Å². The highest BCUT2D eigenvalue weighted by Crippen LogP contribution is 2.28. The maximum absolute atomic E-state index is 12.8. The number of nitrogens with two attached hydrogens (primary N) is 1. The Morgan fingerprint density at radius 3 is 2.65 bits per heavy atom. The Morgan fingerprint density at radius 1 is 1.13 bits per heavy atom. The summed E-state index contributed by atoms with van der Waals surface area (Å²) in [5, 5.41) is 5.19. The van der Waals surface area contributed by atoms with Gasteiger partial charge in [0, 0.05) is 36.9 Å². The lowest BCUT2D eigenvalue weighted by molar-refractivity contribution is -0.117. The van der Waals surface area contributed by atoms with Crippen LogP contribution in [-0.2, 0) is 17.6 Å². The minimum atomic E-state index is 0.0522. The molecule has 0 atom stereocenters. The Hall–Kier alpha value is -3.03. The second kappa shape index (κ2) is 8.61. The summed E-state index contributed by atoms with van der Waals surface area (Å²) >= 11 is 12.5. The zero-order chi connectivity index (χ0) is 22.1. The van der Waals surface area contributed by atoms with Gasteiger partial charge in [-0.15, -0.1) is 0 Å². The second-order valence-corrected chi connectivity index (χ2v) is 8.36. The number of hydrogen-bond donors (Lipinski definition) is 1. The summed E-state index contributed by atoms with van der Waals surface area (Å²) in [6, 6.07) is 8.93. The van der Waals surface area contributed by atoms with Crippen LogP contribution >= 0.6 is 23.2 Å². The van der Waals surface area contributed by atoms with Gasteiger partial charge in [0.25, 0.3) is 0 Å². The molecule has 0 aliphatic rings. The van der Waals surface area contributed by atoms with Gasteiger partial charge in [-0.3, -0.25) is 4.79 Å². The molecule has 9 heteroatoms. The van der Waals surface area contributed by atoms with Gasteiger partial charge < -0.3 is 5.73 Å². The molecule has 7 nitrogen and oxygen atoms in total. The van der Waals surface area contributed by atoms with E-state index in [1.165, 1.54) is 0 Å². The van der Waals surface area contributed by atoms with Crippen molar-refractivity contribution in [2.24, 2.45) is 0 Å². The second-order valence-electron chi connectivity index (χ2n) is 7.57. The van der Waals surface area contributed by atoms with Gasteiger partial charge in [0.2, 0.25) is 5.95 Å². The summed E-state index contributed by atoms with van der Waals surface area (Å²) in [7, 11) is 0. The average Bonchev–Trinajstić information content (AvgIpc) is 3.07. The molecule has 0 fully saturated rings. The summed E-state index contributed by atoms with van der Waals surface area (Å²) in [5.41, 5.74) is 10.3. The maximum atomic E-state index is 12.8. The standard InChI is InChI=1S/C22H20Cl2N6O/c1-12(2)21-14(11-27-20-10-19(24)29-30(20)21)9-15(31)7-13-3-4-16(17(23)8-13)18-5-6-26-22(25)28-18/h3-6,8,10-12H,7,9H2,1-2H3,(H2,25,26,28). The predicted molar refractivity (Wildman–Crippen MR) is 121 cm³/mol. The molecule has 1 aromatic carbocycles. The Morgan fingerprint density at radius 2 is 1.94 bits per heavy atom. The predicted octanol–water partition coefficient (Wildman–Crippen LogP) is 4.55. The number of halogens is 2. The summed E-state index contributed by atoms with van der Waals surface area (Å²) in [4.78, 5) is 25.3. The Kier molecular flexibility index (Phi) is 5.89. The molecule has 0 bridgehead atoms. The molecule has 0 saturated carbocycles. The number of carbonyl (C=O) groups excluding carboxylic acids is 1. The third kappa shape index (κ3) is 4.52. The van der Waals surface area contributed by atoms with Crippen LogP contribution < -0.4 is 5.73 Å². The number of nitrogens with zero attached hydrogens (tertiary/aromatic N) is 5. The van der Waals surface area contributed by atoms with Crippen LogP contribution in [0.15, 0.2) is 42.7 Å². The number of nitrogen functional groups attached to an aromatic ring is 1. The van der Waals surface area contributed by atoms with Crippen molar-refractivity contribution in [3.63, 3.8) is 0 Å². The zero-order valence-electron chi connectivity index (χ0n) is 17.0. The van der Waals surface area contributed by atoms with Crippen molar-refractivity contribution in [2.75, 3.05) is 5.73 Å². The summed E-state index contributed by atoms with van der Waals surface area (Å²) in [5.74, 6) is 0.382. The molecular weight excluding hydrogens is 435 g/mol. The lowest BCUT2D eigenvalue weighted by Crippen LogP contribution is -2.13. The maximum Gasteiger partial charge on any atom is 0.220 e. The van der Waals surface area contributed by atoms with Gasteiger partial charge in [0.15, 0.2) is 10.8 Å². The molecule has 0 saturated heterocycles. The highest BCUT2D eigenvalue weighted by molar-refractivity contribution is 6.33. The van der Waals surface area contributed by atoms with Crippen LogP contribution in [0, 0.1) is 0 Å². The number of aromatic nitrogens is 5. The number of benzene rings is 1. The minimum absolute atomic E-state index is 0.0522. The third-order valence-electron chi connectivity index (χ3n) is 4.89. The van der Waals surface area contributed by atoms with E-state index in [9.17, 15) is 4.79 Å². The first-order valence-electron chi connectivity index (χ1n) is 9.74. The van der Waals surface area contributed by atoms with Crippen molar-refractivity contribution in [3.8, 4) is 11.3 Å². The van der Waals surface area contributed by atoms with E-state index in [0.29, 0.717) is 21.5 Å². The number of anilines is 1. The van der Waals surface area contributed by atoms with Crippen LogP contribution in [0.5, 0.6) is 0 Å². The van der Waals surface area contributed by atoms with E-state index in [-0.39, 0.29) is 30.5 Å². The first-order chi connectivity index (χ1) is 14.8. The Bertz CT molecular complexity index is 1280. The fraction of sp³-hybridized carbons (Fsp3) is 0.227. The van der Waals surface area contributed by atoms with E-state index in [1.54, 1.807) is 35.1 Å². The van der Waals surface area contributed by atoms with Crippen molar-refractivity contribution in [2.45, 2.75) is 32.6 Å². The summed E-state index contributed by atoms with van der Waals surface area (Å²) in [6.45, 7) is 4.10. The van der Waals surface area contributed by atoms with E-state index < -0.39 is 0 Å². The molecule has 2 N–H and O–H groups in total. The third-order valence-corrected chi connectivity index (χ3v) is 5.39. The largest absolute Gasteiger partial charge is 0.368 e. The van der Waals surface area contributed by atoms with Crippen molar-refractivity contribution in [1.29, 1.82) is 0 Å². The minimum Gasteiger partial charge on any atom is -0.368 e. The van der Waals surface area contributed by atoms with Crippen molar-refractivity contribution in [1.82, 2.24) is 24.6 Å².